The number of nitrogens with zero attached hydrogens (tertiary/aromatic N) is 2. The van der Waals surface area contributed by atoms with Crippen LogP contribution in [0, 0.1) is 6.92 Å². The van der Waals surface area contributed by atoms with Gasteiger partial charge in [-0.3, -0.25) is 4.79 Å². The van der Waals surface area contributed by atoms with E-state index in [0.717, 1.165) is 21.5 Å². The number of hydrogen-bond donors (Lipinski definition) is 0. The second-order valence-electron chi connectivity index (χ2n) is 7.24. The van der Waals surface area contributed by atoms with Gasteiger partial charge in [-0.1, -0.05) is 60.7 Å². The summed E-state index contributed by atoms with van der Waals surface area (Å²) in [5.41, 5.74) is 4.21. The molecule has 0 saturated heterocycles. The van der Waals surface area contributed by atoms with E-state index < -0.39 is 0 Å². The fourth-order valence-corrected chi connectivity index (χ4v) is 4.67. The lowest BCUT2D eigenvalue weighted by atomic mass is 10.1. The van der Waals surface area contributed by atoms with Crippen LogP contribution in [0.5, 0.6) is 0 Å². The van der Waals surface area contributed by atoms with Gasteiger partial charge in [0.2, 0.25) is 0 Å². The summed E-state index contributed by atoms with van der Waals surface area (Å²) in [5.74, 6) is 0.0488. The number of benzene rings is 2. The van der Waals surface area contributed by atoms with Gasteiger partial charge in [-0.05, 0) is 37.1 Å². The van der Waals surface area contributed by atoms with Crippen LogP contribution in [0.1, 0.15) is 39.5 Å². The van der Waals surface area contributed by atoms with E-state index >= 15 is 0 Å². The van der Waals surface area contributed by atoms with E-state index in [0.29, 0.717) is 6.54 Å². The normalized spacial score (nSPS) is 12.2. The van der Waals surface area contributed by atoms with Crippen LogP contribution >= 0.6 is 11.3 Å². The number of amides is 1. The number of hydrogen-bond acceptors (Lipinski definition) is 2. The van der Waals surface area contributed by atoms with E-state index in [1.807, 2.05) is 31.3 Å². The molecule has 1 unspecified atom stereocenters. The minimum absolute atomic E-state index is 0.0488. The van der Waals surface area contributed by atoms with E-state index in [2.05, 4.69) is 66.9 Å². The summed E-state index contributed by atoms with van der Waals surface area (Å²) in [7, 11) is 1.87. The second-order valence-corrected chi connectivity index (χ2v) is 8.53. The molecule has 0 aliphatic heterocycles. The minimum atomic E-state index is 0.0488. The van der Waals surface area contributed by atoms with Crippen molar-refractivity contribution in [2.75, 3.05) is 7.05 Å². The summed E-state index contributed by atoms with van der Waals surface area (Å²) in [4.78, 5) is 16.4. The molecule has 0 bridgehead atoms. The molecular weight excluding hydrogens is 364 g/mol. The van der Waals surface area contributed by atoms with E-state index in [1.165, 1.54) is 10.4 Å². The average molecular weight is 389 g/mol. The van der Waals surface area contributed by atoms with Gasteiger partial charge in [-0.2, -0.15) is 0 Å². The predicted molar refractivity (Wildman–Crippen MR) is 117 cm³/mol. The highest BCUT2D eigenvalue weighted by molar-refractivity contribution is 7.19. The maximum atomic E-state index is 13.4. The quantitative estimate of drug-likeness (QED) is 0.418. The maximum Gasteiger partial charge on any atom is 0.270 e. The first-order chi connectivity index (χ1) is 13.5. The molecule has 0 N–H and O–H groups in total. The van der Waals surface area contributed by atoms with Crippen LogP contribution in [-0.4, -0.2) is 22.4 Å². The number of rotatable bonds is 5. The third kappa shape index (κ3) is 3.48. The van der Waals surface area contributed by atoms with Crippen LogP contribution in [0.4, 0.5) is 0 Å². The summed E-state index contributed by atoms with van der Waals surface area (Å²) < 4.78 is 3.36. The van der Waals surface area contributed by atoms with Crippen molar-refractivity contribution in [3.05, 3.63) is 94.5 Å². The lowest BCUT2D eigenvalue weighted by Crippen LogP contribution is -2.29. The molecule has 1 atom stereocenters. The smallest absolute Gasteiger partial charge is 0.270 e. The van der Waals surface area contributed by atoms with Crippen LogP contribution in [0.15, 0.2) is 72.8 Å². The SMILES string of the molecule is Cc1cc2c(cc(C(=O)N(C)Cc3ccccc3)n2C(C)c2ccccc2)s1. The van der Waals surface area contributed by atoms with Crippen LogP contribution in [0.3, 0.4) is 0 Å². The predicted octanol–water partition coefficient (Wildman–Crippen LogP) is 5.89. The lowest BCUT2D eigenvalue weighted by Gasteiger charge is -2.22. The summed E-state index contributed by atoms with van der Waals surface area (Å²) >= 11 is 1.74. The zero-order valence-electron chi connectivity index (χ0n) is 16.4. The molecule has 0 saturated carbocycles. The zero-order valence-corrected chi connectivity index (χ0v) is 17.2. The van der Waals surface area contributed by atoms with Gasteiger partial charge in [0.15, 0.2) is 0 Å². The highest BCUT2D eigenvalue weighted by atomic mass is 32.1. The summed E-state index contributed by atoms with van der Waals surface area (Å²) in [5, 5.41) is 0. The van der Waals surface area contributed by atoms with Crippen molar-refractivity contribution in [3.63, 3.8) is 0 Å². The Balaban J connectivity index is 1.74. The van der Waals surface area contributed by atoms with E-state index in [1.54, 1.807) is 16.2 Å². The van der Waals surface area contributed by atoms with Crippen molar-refractivity contribution in [2.24, 2.45) is 0 Å². The van der Waals surface area contributed by atoms with Crippen molar-refractivity contribution in [1.29, 1.82) is 0 Å². The summed E-state index contributed by atoms with van der Waals surface area (Å²) in [6.45, 7) is 4.87. The number of fused-ring (bicyclic) bond motifs is 1. The number of carbonyl (C=O) groups is 1. The Morgan fingerprint density at radius 2 is 1.68 bits per heavy atom. The lowest BCUT2D eigenvalue weighted by molar-refractivity contribution is 0.0774. The number of aryl methyl sites for hydroxylation is 1. The molecule has 2 aromatic carbocycles. The molecule has 0 aliphatic carbocycles. The molecule has 28 heavy (non-hydrogen) atoms. The first-order valence-electron chi connectivity index (χ1n) is 9.50. The Morgan fingerprint density at radius 3 is 2.36 bits per heavy atom. The Labute approximate surface area is 169 Å². The van der Waals surface area contributed by atoms with Gasteiger partial charge >= 0.3 is 0 Å². The molecule has 0 fully saturated rings. The first kappa shape index (κ1) is 18.5. The molecule has 3 nitrogen and oxygen atoms in total. The Kier molecular flexibility index (Phi) is 5.05. The summed E-state index contributed by atoms with van der Waals surface area (Å²) in [6, 6.07) is 24.8. The van der Waals surface area contributed by atoms with Gasteiger partial charge in [0.25, 0.3) is 5.91 Å². The van der Waals surface area contributed by atoms with Gasteiger partial charge in [0.05, 0.1) is 16.3 Å². The van der Waals surface area contributed by atoms with E-state index in [9.17, 15) is 4.79 Å². The summed E-state index contributed by atoms with van der Waals surface area (Å²) in [6.07, 6.45) is 0. The third-order valence-electron chi connectivity index (χ3n) is 5.15. The fraction of sp³-hybridized carbons (Fsp3) is 0.208. The van der Waals surface area contributed by atoms with Crippen LogP contribution in [-0.2, 0) is 6.54 Å². The molecule has 0 spiro atoms. The molecule has 4 heteroatoms. The fourth-order valence-electron chi connectivity index (χ4n) is 3.72. The van der Waals surface area contributed by atoms with Gasteiger partial charge in [0, 0.05) is 18.5 Å². The van der Waals surface area contributed by atoms with Crippen molar-refractivity contribution in [3.8, 4) is 0 Å². The highest BCUT2D eigenvalue weighted by Crippen LogP contribution is 2.34. The molecule has 2 aromatic heterocycles. The molecule has 142 valence electrons. The Morgan fingerprint density at radius 1 is 1.04 bits per heavy atom. The standard InChI is InChI=1S/C24H24N2OS/c1-17-14-21-23(28-17)15-22(26(21)18(2)20-12-8-5-9-13-20)24(27)25(3)16-19-10-6-4-7-11-19/h4-15,18H,16H2,1-3H3. The number of thiophene rings is 1. The largest absolute Gasteiger partial charge is 0.336 e. The highest BCUT2D eigenvalue weighted by Gasteiger charge is 2.24. The Bertz CT molecular complexity index is 1100. The third-order valence-corrected chi connectivity index (χ3v) is 6.13. The number of carbonyl (C=O) groups excluding carboxylic acids is 1. The molecule has 4 rings (SSSR count). The van der Waals surface area contributed by atoms with Crippen LogP contribution in [0.25, 0.3) is 10.2 Å². The Hall–Kier alpha value is -2.85. The molecule has 0 radical (unpaired) electrons. The van der Waals surface area contributed by atoms with Crippen LogP contribution < -0.4 is 0 Å². The van der Waals surface area contributed by atoms with Crippen molar-refractivity contribution in [1.82, 2.24) is 9.47 Å². The van der Waals surface area contributed by atoms with Crippen molar-refractivity contribution >= 4 is 27.5 Å². The molecule has 0 aliphatic rings. The molecule has 1 amide bonds. The van der Waals surface area contributed by atoms with Gasteiger partial charge in [0.1, 0.15) is 5.69 Å². The monoisotopic (exact) mass is 388 g/mol. The maximum absolute atomic E-state index is 13.4. The minimum Gasteiger partial charge on any atom is -0.336 e. The molecule has 2 heterocycles. The van der Waals surface area contributed by atoms with Crippen molar-refractivity contribution in [2.45, 2.75) is 26.4 Å². The van der Waals surface area contributed by atoms with E-state index in [-0.39, 0.29) is 11.9 Å². The first-order valence-corrected chi connectivity index (χ1v) is 10.3. The van der Waals surface area contributed by atoms with Gasteiger partial charge in [-0.25, -0.2) is 0 Å². The zero-order chi connectivity index (χ0) is 19.7. The van der Waals surface area contributed by atoms with Gasteiger partial charge < -0.3 is 9.47 Å². The van der Waals surface area contributed by atoms with Crippen molar-refractivity contribution < 1.29 is 4.79 Å². The van der Waals surface area contributed by atoms with Gasteiger partial charge in [-0.15, -0.1) is 11.3 Å². The van der Waals surface area contributed by atoms with Crippen LogP contribution in [0.2, 0.25) is 0 Å². The second kappa shape index (κ2) is 7.64. The van der Waals surface area contributed by atoms with E-state index in [4.69, 9.17) is 0 Å². The topological polar surface area (TPSA) is 25.2 Å². The molecule has 4 aromatic rings. The number of aromatic nitrogens is 1. The average Bonchev–Trinajstić information content (AvgIpc) is 3.24. The molecular formula is C24H24N2OS.